The first-order valence-corrected chi connectivity index (χ1v) is 15.2. The molecule has 9 heteroatoms. The van der Waals surface area contributed by atoms with E-state index in [1.165, 1.54) is 0 Å². The number of fused-ring (bicyclic) bond motifs is 1. The highest BCUT2D eigenvalue weighted by Crippen LogP contribution is 2.39. The quantitative estimate of drug-likeness (QED) is 0.122. The number of para-hydroxylation sites is 1. The Hall–Kier alpha value is -3.55. The van der Waals surface area contributed by atoms with E-state index in [0.717, 1.165) is 27.6 Å². The van der Waals surface area contributed by atoms with Crippen molar-refractivity contribution in [2.45, 2.75) is 52.0 Å². The van der Waals surface area contributed by atoms with Crippen LogP contribution in [0.15, 0.2) is 91.1 Å². The first-order valence-electron chi connectivity index (χ1n) is 13.8. The molecular weight excluding hydrogens is 537 g/mol. The van der Waals surface area contributed by atoms with E-state index in [9.17, 15) is 14.7 Å². The molecule has 216 valence electrons. The van der Waals surface area contributed by atoms with E-state index >= 15 is 0 Å². The Morgan fingerprint density at radius 3 is 2.02 bits per heavy atom. The van der Waals surface area contributed by atoms with Gasteiger partial charge in [-0.05, 0) is 35.1 Å². The number of aromatic amines is 1. The van der Waals surface area contributed by atoms with Gasteiger partial charge in [-0.25, -0.2) is 4.79 Å². The zero-order chi connectivity index (χ0) is 29.0. The fraction of sp³-hybridized carbons (Fsp3) is 0.312. The summed E-state index contributed by atoms with van der Waals surface area (Å²) in [5.41, 5.74) is 3.83. The Morgan fingerprint density at radius 2 is 1.44 bits per heavy atom. The maximum Gasteiger partial charge on any atom is 0.326 e. The van der Waals surface area contributed by atoms with Crippen molar-refractivity contribution in [3.8, 4) is 0 Å². The average molecular weight is 576 g/mol. The minimum Gasteiger partial charge on any atom is -0.480 e. The third-order valence-electron chi connectivity index (χ3n) is 6.64. The fourth-order valence-electron chi connectivity index (χ4n) is 4.50. The van der Waals surface area contributed by atoms with E-state index in [1.807, 2.05) is 98.8 Å². The second kappa shape index (κ2) is 15.5. The minimum atomic E-state index is -1.39. The van der Waals surface area contributed by atoms with E-state index < -0.39 is 26.4 Å². The summed E-state index contributed by atoms with van der Waals surface area (Å²) in [6, 6.07) is 25.8. The lowest BCUT2D eigenvalue weighted by Gasteiger charge is -2.25. The van der Waals surface area contributed by atoms with Gasteiger partial charge in [0.2, 0.25) is 5.91 Å². The second-order valence-corrected chi connectivity index (χ2v) is 11.9. The number of H-pyrrole nitrogens is 1. The van der Waals surface area contributed by atoms with Gasteiger partial charge in [-0.2, -0.15) is 0 Å². The Balaban J connectivity index is 1.41. The number of rotatable bonds is 16. The highest BCUT2D eigenvalue weighted by atomic mass is 31.2. The van der Waals surface area contributed by atoms with Crippen molar-refractivity contribution in [1.29, 1.82) is 0 Å². The molecule has 0 aliphatic heterocycles. The van der Waals surface area contributed by atoms with Gasteiger partial charge in [0.15, 0.2) is 8.38 Å². The zero-order valence-electron chi connectivity index (χ0n) is 23.5. The third-order valence-corrected chi connectivity index (χ3v) is 7.91. The Morgan fingerprint density at radius 1 is 0.854 bits per heavy atom. The van der Waals surface area contributed by atoms with Crippen LogP contribution in [0, 0.1) is 5.92 Å². The molecule has 3 aromatic carbocycles. The molecule has 8 nitrogen and oxygen atoms in total. The molecule has 0 aliphatic carbocycles. The summed E-state index contributed by atoms with van der Waals surface area (Å²) >= 11 is 0. The van der Waals surface area contributed by atoms with Crippen molar-refractivity contribution in [2.24, 2.45) is 5.92 Å². The highest BCUT2D eigenvalue weighted by molar-refractivity contribution is 7.47. The van der Waals surface area contributed by atoms with Gasteiger partial charge in [0.25, 0.3) is 0 Å². The molecule has 4 aromatic rings. The largest absolute Gasteiger partial charge is 0.480 e. The molecule has 0 fully saturated rings. The first kappa shape index (κ1) is 30.4. The molecule has 1 amide bonds. The molecule has 4 N–H and O–H groups in total. The van der Waals surface area contributed by atoms with E-state index in [2.05, 4.69) is 15.6 Å². The Kier molecular flexibility index (Phi) is 11.5. The van der Waals surface area contributed by atoms with Crippen LogP contribution in [0.2, 0.25) is 0 Å². The molecule has 0 saturated carbocycles. The lowest BCUT2D eigenvalue weighted by Crippen LogP contribution is -2.51. The molecular formula is C32H38N3O5P. The SMILES string of the molecule is CC(C)C[C@H](NCP(OCc1ccccc1)OCc1ccccc1)C(=O)N[C@@H](Cc1c[nH]c2ccccc12)C(=O)O. The van der Waals surface area contributed by atoms with Crippen LogP contribution in [0.1, 0.15) is 37.0 Å². The van der Waals surface area contributed by atoms with Crippen molar-refractivity contribution in [1.82, 2.24) is 15.6 Å². The van der Waals surface area contributed by atoms with Gasteiger partial charge < -0.3 is 24.5 Å². The van der Waals surface area contributed by atoms with Gasteiger partial charge in [0, 0.05) is 23.5 Å². The van der Waals surface area contributed by atoms with Gasteiger partial charge in [0.05, 0.1) is 25.5 Å². The minimum absolute atomic E-state index is 0.173. The summed E-state index contributed by atoms with van der Waals surface area (Å²) in [6.45, 7) is 4.83. The van der Waals surface area contributed by atoms with Crippen molar-refractivity contribution >= 4 is 31.2 Å². The Bertz CT molecular complexity index is 1340. The standard InChI is InChI=1S/C32H38N3O5P/c1-23(2)17-29(31(36)35-30(32(37)38)18-26-19-33-28-16-10-9-15-27(26)28)34-22-41(39-20-24-11-5-3-6-12-24)40-21-25-13-7-4-8-14-25/h3-16,19,23,29-30,33-34H,17-18,20-22H2,1-2H3,(H,35,36)(H,37,38)/t29-,30-/m0/s1. The topological polar surface area (TPSA) is 113 Å². The summed E-state index contributed by atoms with van der Waals surface area (Å²) in [7, 11) is -1.39. The van der Waals surface area contributed by atoms with Crippen molar-refractivity contribution in [2.75, 3.05) is 6.29 Å². The van der Waals surface area contributed by atoms with Gasteiger partial charge >= 0.3 is 5.97 Å². The number of aromatic nitrogens is 1. The first-order chi connectivity index (χ1) is 19.9. The lowest BCUT2D eigenvalue weighted by molar-refractivity contribution is -0.142. The number of nitrogens with one attached hydrogen (secondary N) is 3. The summed E-state index contributed by atoms with van der Waals surface area (Å²) in [6.07, 6.45) is 2.83. The third kappa shape index (κ3) is 9.51. The highest BCUT2D eigenvalue weighted by Gasteiger charge is 2.28. The predicted molar refractivity (Wildman–Crippen MR) is 162 cm³/mol. The van der Waals surface area contributed by atoms with Crippen LogP contribution >= 0.6 is 8.38 Å². The van der Waals surface area contributed by atoms with Crippen LogP contribution in [0.3, 0.4) is 0 Å². The van der Waals surface area contributed by atoms with Crippen molar-refractivity contribution in [3.63, 3.8) is 0 Å². The number of carbonyl (C=O) groups excluding carboxylic acids is 1. The molecule has 0 aliphatic rings. The van der Waals surface area contributed by atoms with Gasteiger partial charge in [0.1, 0.15) is 6.04 Å². The van der Waals surface area contributed by atoms with Gasteiger partial charge in [-0.1, -0.05) is 92.7 Å². The molecule has 4 rings (SSSR count). The van der Waals surface area contributed by atoms with Crippen LogP contribution in [0.4, 0.5) is 0 Å². The number of carbonyl (C=O) groups is 2. The molecule has 1 heterocycles. The van der Waals surface area contributed by atoms with Crippen molar-refractivity contribution in [3.05, 3.63) is 108 Å². The van der Waals surface area contributed by atoms with Crippen LogP contribution < -0.4 is 10.6 Å². The molecule has 0 spiro atoms. The van der Waals surface area contributed by atoms with Gasteiger partial charge in [-0.3, -0.25) is 10.1 Å². The summed E-state index contributed by atoms with van der Waals surface area (Å²) in [5.74, 6) is -1.23. The van der Waals surface area contributed by atoms with Crippen LogP contribution in [-0.4, -0.2) is 40.3 Å². The number of carboxylic acids is 1. The number of benzene rings is 3. The fourth-order valence-corrected chi connectivity index (χ4v) is 5.71. The molecule has 1 aromatic heterocycles. The molecule has 0 saturated heterocycles. The lowest BCUT2D eigenvalue weighted by atomic mass is 10.0. The molecule has 41 heavy (non-hydrogen) atoms. The summed E-state index contributed by atoms with van der Waals surface area (Å²) < 4.78 is 12.3. The number of aliphatic carboxylic acids is 1. The van der Waals surface area contributed by atoms with E-state index in [1.54, 1.807) is 6.20 Å². The average Bonchev–Trinajstić information content (AvgIpc) is 3.39. The van der Waals surface area contributed by atoms with Gasteiger partial charge in [-0.15, -0.1) is 0 Å². The number of hydrogen-bond acceptors (Lipinski definition) is 5. The van der Waals surface area contributed by atoms with Crippen LogP contribution in [-0.2, 0) is 38.3 Å². The monoisotopic (exact) mass is 575 g/mol. The second-order valence-electron chi connectivity index (χ2n) is 10.4. The van der Waals surface area contributed by atoms with E-state index in [0.29, 0.717) is 25.9 Å². The predicted octanol–water partition coefficient (Wildman–Crippen LogP) is 5.99. The number of amides is 1. The number of hydrogen-bond donors (Lipinski definition) is 4. The Labute approximate surface area is 242 Å². The number of carboxylic acid groups (broad SMARTS) is 1. The molecule has 2 atom stereocenters. The van der Waals surface area contributed by atoms with E-state index in [-0.39, 0.29) is 18.2 Å². The maximum absolute atomic E-state index is 13.4. The zero-order valence-corrected chi connectivity index (χ0v) is 24.3. The van der Waals surface area contributed by atoms with Crippen LogP contribution in [0.25, 0.3) is 10.9 Å². The molecule has 0 radical (unpaired) electrons. The smallest absolute Gasteiger partial charge is 0.326 e. The van der Waals surface area contributed by atoms with Crippen molar-refractivity contribution < 1.29 is 23.7 Å². The van der Waals surface area contributed by atoms with Crippen LogP contribution in [0.5, 0.6) is 0 Å². The normalized spacial score (nSPS) is 13.0. The maximum atomic E-state index is 13.4. The van der Waals surface area contributed by atoms with E-state index in [4.69, 9.17) is 9.05 Å². The molecule has 0 bridgehead atoms. The summed E-state index contributed by atoms with van der Waals surface area (Å²) in [5, 5.41) is 17.0. The molecule has 0 unspecified atom stereocenters. The summed E-state index contributed by atoms with van der Waals surface area (Å²) in [4.78, 5) is 28.8.